The molecule has 3 aromatic carbocycles. The predicted molar refractivity (Wildman–Crippen MR) is 142 cm³/mol. The van der Waals surface area contributed by atoms with Crippen molar-refractivity contribution in [2.45, 2.75) is 29.9 Å². The Morgan fingerprint density at radius 3 is 2.29 bits per heavy atom. The van der Waals surface area contributed by atoms with Gasteiger partial charge in [0.15, 0.2) is 9.84 Å². The summed E-state index contributed by atoms with van der Waals surface area (Å²) in [4.78, 5) is 18.7. The van der Waals surface area contributed by atoms with Crippen LogP contribution in [-0.4, -0.2) is 45.2 Å². The monoisotopic (exact) mass is 489 g/mol. The van der Waals surface area contributed by atoms with Crippen LogP contribution < -0.4 is 10.2 Å². The van der Waals surface area contributed by atoms with Gasteiger partial charge in [0.2, 0.25) is 0 Å². The fourth-order valence-corrected chi connectivity index (χ4v) is 5.48. The number of carbonyl (C=O) groups excluding carboxylic acids is 1. The average Bonchev–Trinajstić information content (AvgIpc) is 3.28. The van der Waals surface area contributed by atoms with E-state index in [9.17, 15) is 13.2 Å². The van der Waals surface area contributed by atoms with Crippen LogP contribution >= 0.6 is 0 Å². The molecule has 1 amide bonds. The maximum Gasteiger partial charge on any atom is 0.252 e. The summed E-state index contributed by atoms with van der Waals surface area (Å²) < 4.78 is 25.7. The van der Waals surface area contributed by atoms with Crippen molar-refractivity contribution in [1.29, 1.82) is 0 Å². The van der Waals surface area contributed by atoms with Crippen molar-refractivity contribution < 1.29 is 13.2 Å². The van der Waals surface area contributed by atoms with Crippen LogP contribution in [0, 0.1) is 0 Å². The Morgan fingerprint density at radius 1 is 0.943 bits per heavy atom. The van der Waals surface area contributed by atoms with Gasteiger partial charge in [0.25, 0.3) is 5.91 Å². The molecule has 1 aromatic heterocycles. The van der Waals surface area contributed by atoms with Crippen LogP contribution in [0.1, 0.15) is 41.3 Å². The zero-order valence-corrected chi connectivity index (χ0v) is 21.3. The number of hydrogen-bond donors (Lipinski definition) is 2. The third-order valence-corrected chi connectivity index (χ3v) is 8.54. The minimum absolute atomic E-state index is 0.0616. The molecule has 6 nitrogen and oxygen atoms in total. The van der Waals surface area contributed by atoms with E-state index in [2.05, 4.69) is 40.6 Å². The summed E-state index contributed by atoms with van der Waals surface area (Å²) in [5.41, 5.74) is 4.41. The number of aromatic amines is 1. The molecule has 0 spiro atoms. The summed E-state index contributed by atoms with van der Waals surface area (Å²) in [7, 11) is 0.391. The number of H-pyrrole nitrogens is 1. The largest absolute Gasteiger partial charge is 0.378 e. The first-order chi connectivity index (χ1) is 16.7. The Bertz CT molecular complexity index is 1440. The van der Waals surface area contributed by atoms with E-state index in [4.69, 9.17) is 0 Å². The normalized spacial score (nSPS) is 12.6. The smallest absolute Gasteiger partial charge is 0.252 e. The molecular formula is C28H31N3O3S. The molecule has 1 heterocycles. The van der Waals surface area contributed by atoms with Crippen LogP contribution in [0.2, 0.25) is 0 Å². The number of nitrogens with one attached hydrogen (secondary N) is 2. The van der Waals surface area contributed by atoms with Gasteiger partial charge in [0, 0.05) is 49.3 Å². The van der Waals surface area contributed by atoms with Gasteiger partial charge in [-0.2, -0.15) is 0 Å². The standard InChI is InChI=1S/C28H31N3O3S/c1-19(2)35(33,34)27-12-8-6-10-23(27)28(32)30-17-24(20-13-15-21(16-14-20)31(3)4)25-18-29-26-11-7-5-9-22(25)26/h5-16,18-19,24,29H,17H2,1-4H3,(H,30,32). The number of para-hydroxylation sites is 1. The second-order valence-electron chi connectivity index (χ2n) is 9.13. The van der Waals surface area contributed by atoms with E-state index in [1.165, 1.54) is 6.07 Å². The number of hydrogen-bond acceptors (Lipinski definition) is 4. The van der Waals surface area contributed by atoms with E-state index in [0.29, 0.717) is 6.54 Å². The Morgan fingerprint density at radius 2 is 1.60 bits per heavy atom. The minimum Gasteiger partial charge on any atom is -0.378 e. The summed E-state index contributed by atoms with van der Waals surface area (Å²) in [6.07, 6.45) is 1.98. The molecule has 4 aromatic rings. The van der Waals surface area contributed by atoms with Crippen LogP contribution in [0.3, 0.4) is 0 Å². The highest BCUT2D eigenvalue weighted by Gasteiger charge is 2.26. The summed E-state index contributed by atoms with van der Waals surface area (Å²) in [5, 5.41) is 3.48. The molecule has 2 N–H and O–H groups in total. The van der Waals surface area contributed by atoms with E-state index >= 15 is 0 Å². The first-order valence-electron chi connectivity index (χ1n) is 11.6. The van der Waals surface area contributed by atoms with E-state index in [1.807, 2.05) is 43.4 Å². The Kier molecular flexibility index (Phi) is 6.98. The lowest BCUT2D eigenvalue weighted by Crippen LogP contribution is -2.30. The van der Waals surface area contributed by atoms with Gasteiger partial charge in [-0.25, -0.2) is 8.42 Å². The predicted octanol–water partition coefficient (Wildman–Crippen LogP) is 4.98. The Hall–Kier alpha value is -3.58. The first kappa shape index (κ1) is 24.5. The molecule has 35 heavy (non-hydrogen) atoms. The molecular weight excluding hydrogens is 458 g/mol. The fraction of sp³-hybridized carbons (Fsp3) is 0.250. The first-order valence-corrected chi connectivity index (χ1v) is 13.2. The SMILES string of the molecule is CC(C)S(=O)(=O)c1ccccc1C(=O)NCC(c1ccc(N(C)C)cc1)c1c[nH]c2ccccc12. The van der Waals surface area contributed by atoms with Crippen LogP contribution in [0.15, 0.2) is 83.9 Å². The van der Waals surface area contributed by atoms with Crippen LogP contribution in [0.25, 0.3) is 10.9 Å². The number of carbonyl (C=O) groups is 1. The van der Waals surface area contributed by atoms with Crippen molar-refractivity contribution in [3.63, 3.8) is 0 Å². The highest BCUT2D eigenvalue weighted by molar-refractivity contribution is 7.92. The molecule has 0 aliphatic carbocycles. The third kappa shape index (κ3) is 4.95. The molecule has 0 saturated heterocycles. The molecule has 0 fully saturated rings. The van der Waals surface area contributed by atoms with Gasteiger partial charge in [-0.15, -0.1) is 0 Å². The molecule has 4 rings (SSSR count). The molecule has 7 heteroatoms. The topological polar surface area (TPSA) is 82.3 Å². The molecule has 0 aliphatic heterocycles. The molecule has 1 unspecified atom stereocenters. The lowest BCUT2D eigenvalue weighted by Gasteiger charge is -2.20. The second-order valence-corrected chi connectivity index (χ2v) is 11.6. The van der Waals surface area contributed by atoms with Gasteiger partial charge in [-0.1, -0.05) is 42.5 Å². The summed E-state index contributed by atoms with van der Waals surface area (Å²) in [6, 6.07) is 22.7. The zero-order valence-electron chi connectivity index (χ0n) is 20.4. The molecule has 182 valence electrons. The van der Waals surface area contributed by atoms with Gasteiger partial charge in [-0.05, 0) is 55.3 Å². The van der Waals surface area contributed by atoms with Gasteiger partial charge < -0.3 is 15.2 Å². The van der Waals surface area contributed by atoms with Crippen LogP contribution in [-0.2, 0) is 9.84 Å². The fourth-order valence-electron chi connectivity index (χ4n) is 4.24. The average molecular weight is 490 g/mol. The Balaban J connectivity index is 1.68. The van der Waals surface area contributed by atoms with Gasteiger partial charge in [0.05, 0.1) is 15.7 Å². The summed E-state index contributed by atoms with van der Waals surface area (Å²) in [6.45, 7) is 3.56. The van der Waals surface area contributed by atoms with Crippen molar-refractivity contribution in [3.05, 3.63) is 95.7 Å². The molecule has 1 atom stereocenters. The number of aromatic nitrogens is 1. The number of amides is 1. The molecule has 0 bridgehead atoms. The van der Waals surface area contributed by atoms with Gasteiger partial charge in [0.1, 0.15) is 0 Å². The van der Waals surface area contributed by atoms with Crippen molar-refractivity contribution in [1.82, 2.24) is 10.3 Å². The van der Waals surface area contributed by atoms with Crippen molar-refractivity contribution >= 4 is 32.3 Å². The van der Waals surface area contributed by atoms with Gasteiger partial charge >= 0.3 is 0 Å². The lowest BCUT2D eigenvalue weighted by atomic mass is 9.90. The van der Waals surface area contributed by atoms with Crippen molar-refractivity contribution in [2.24, 2.45) is 0 Å². The van der Waals surface area contributed by atoms with Crippen LogP contribution in [0.4, 0.5) is 5.69 Å². The van der Waals surface area contributed by atoms with Crippen LogP contribution in [0.5, 0.6) is 0 Å². The summed E-state index contributed by atoms with van der Waals surface area (Å²) >= 11 is 0. The van der Waals surface area contributed by atoms with E-state index < -0.39 is 21.0 Å². The highest BCUT2D eigenvalue weighted by atomic mass is 32.2. The van der Waals surface area contributed by atoms with Gasteiger partial charge in [-0.3, -0.25) is 4.79 Å². The van der Waals surface area contributed by atoms with Crippen molar-refractivity contribution in [3.8, 4) is 0 Å². The molecule has 0 aliphatic rings. The lowest BCUT2D eigenvalue weighted by molar-refractivity contribution is 0.0949. The highest BCUT2D eigenvalue weighted by Crippen LogP contribution is 2.31. The number of benzene rings is 3. The maximum absolute atomic E-state index is 13.3. The number of anilines is 1. The van der Waals surface area contributed by atoms with E-state index in [0.717, 1.165) is 27.7 Å². The number of rotatable bonds is 8. The number of fused-ring (bicyclic) bond motifs is 1. The number of nitrogens with zero attached hydrogens (tertiary/aromatic N) is 1. The zero-order chi connectivity index (χ0) is 25.2. The maximum atomic E-state index is 13.3. The molecule has 0 radical (unpaired) electrons. The molecule has 0 saturated carbocycles. The number of sulfone groups is 1. The second kappa shape index (κ2) is 9.96. The summed E-state index contributed by atoms with van der Waals surface area (Å²) in [5.74, 6) is -0.528. The minimum atomic E-state index is -3.60. The third-order valence-electron chi connectivity index (χ3n) is 6.33. The van der Waals surface area contributed by atoms with E-state index in [1.54, 1.807) is 32.0 Å². The van der Waals surface area contributed by atoms with Crippen molar-refractivity contribution in [2.75, 3.05) is 25.5 Å². The Labute approximate surface area is 206 Å². The quantitative estimate of drug-likeness (QED) is 0.366. The van der Waals surface area contributed by atoms with E-state index in [-0.39, 0.29) is 16.4 Å².